The summed E-state index contributed by atoms with van der Waals surface area (Å²) in [7, 11) is 0. The maximum absolute atomic E-state index is 5.75. The largest absolute Gasteiger partial charge is 0.345 e. The summed E-state index contributed by atoms with van der Waals surface area (Å²) < 4.78 is 4.50. The smallest absolute Gasteiger partial charge is 0.215 e. The molecule has 0 fully saturated rings. The number of aryl methyl sites for hydroxylation is 2. The van der Waals surface area contributed by atoms with Gasteiger partial charge in [0.2, 0.25) is 5.78 Å². The van der Waals surface area contributed by atoms with Crippen molar-refractivity contribution >= 4 is 39.7 Å². The lowest BCUT2D eigenvalue weighted by Gasteiger charge is -2.08. The molecule has 0 amide bonds. The maximum atomic E-state index is 5.75. The molecule has 0 bridgehead atoms. The Morgan fingerprint density at radius 2 is 1.73 bits per heavy atom. The van der Waals surface area contributed by atoms with Gasteiger partial charge in [0, 0.05) is 12.2 Å². The van der Waals surface area contributed by atoms with Gasteiger partial charge in [0.15, 0.2) is 0 Å². The van der Waals surface area contributed by atoms with Crippen molar-refractivity contribution in [3.63, 3.8) is 0 Å². The molecule has 26 heavy (non-hydrogen) atoms. The highest BCUT2D eigenvalue weighted by Gasteiger charge is 2.20. The molecule has 0 aliphatic carbocycles. The van der Waals surface area contributed by atoms with E-state index in [1.54, 1.807) is 0 Å². The lowest BCUT2D eigenvalue weighted by atomic mass is 10.2. The van der Waals surface area contributed by atoms with Gasteiger partial charge in [-0.05, 0) is 37.6 Å². The zero-order valence-corrected chi connectivity index (χ0v) is 15.9. The molecule has 0 radical (unpaired) electrons. The summed E-state index contributed by atoms with van der Waals surface area (Å²) in [5, 5.41) is 3.36. The SMILES string of the molecule is CCCCn1c2ccccc2n2c(C(=S)Nc3ccccc3)c(C)nc12. The maximum Gasteiger partial charge on any atom is 0.215 e. The quantitative estimate of drug-likeness (QED) is 0.496. The molecule has 2 aromatic carbocycles. The fourth-order valence-corrected chi connectivity index (χ4v) is 3.78. The highest BCUT2D eigenvalue weighted by atomic mass is 32.1. The van der Waals surface area contributed by atoms with Crippen molar-refractivity contribution in [3.05, 3.63) is 66.0 Å². The van der Waals surface area contributed by atoms with Crippen molar-refractivity contribution in [2.45, 2.75) is 33.2 Å². The van der Waals surface area contributed by atoms with Gasteiger partial charge in [-0.15, -0.1) is 0 Å². The molecule has 2 aromatic heterocycles. The number of hydrogen-bond donors (Lipinski definition) is 1. The van der Waals surface area contributed by atoms with Crippen LogP contribution >= 0.6 is 12.2 Å². The molecule has 0 saturated heterocycles. The van der Waals surface area contributed by atoms with E-state index in [4.69, 9.17) is 17.2 Å². The molecule has 0 saturated carbocycles. The summed E-state index contributed by atoms with van der Waals surface area (Å²) in [5.41, 5.74) is 5.25. The lowest BCUT2D eigenvalue weighted by molar-refractivity contribution is 0.657. The predicted octanol–water partition coefficient (Wildman–Crippen LogP) is 5.19. The van der Waals surface area contributed by atoms with Gasteiger partial charge in [0.25, 0.3) is 0 Å². The van der Waals surface area contributed by atoms with Crippen LogP contribution in [0.4, 0.5) is 5.69 Å². The summed E-state index contributed by atoms with van der Waals surface area (Å²) in [4.78, 5) is 5.56. The Morgan fingerprint density at radius 1 is 1.04 bits per heavy atom. The van der Waals surface area contributed by atoms with Gasteiger partial charge in [-0.1, -0.05) is 55.9 Å². The van der Waals surface area contributed by atoms with Gasteiger partial charge in [-0.3, -0.25) is 4.40 Å². The molecule has 0 aliphatic heterocycles. The number of unbranched alkanes of at least 4 members (excludes halogenated alkanes) is 1. The van der Waals surface area contributed by atoms with Gasteiger partial charge in [0.05, 0.1) is 16.7 Å². The monoisotopic (exact) mass is 362 g/mol. The summed E-state index contributed by atoms with van der Waals surface area (Å²) in [5.74, 6) is 0.962. The third-order valence-corrected chi connectivity index (χ3v) is 4.97. The molecule has 132 valence electrons. The number of benzene rings is 2. The highest BCUT2D eigenvalue weighted by Crippen LogP contribution is 2.25. The van der Waals surface area contributed by atoms with Gasteiger partial charge in [0.1, 0.15) is 10.7 Å². The first-order valence-electron chi connectivity index (χ1n) is 9.03. The molecule has 4 aromatic rings. The van der Waals surface area contributed by atoms with E-state index in [1.807, 2.05) is 37.3 Å². The van der Waals surface area contributed by atoms with E-state index in [1.165, 1.54) is 5.52 Å². The first kappa shape index (κ1) is 16.8. The van der Waals surface area contributed by atoms with Crippen molar-refractivity contribution in [1.29, 1.82) is 0 Å². The van der Waals surface area contributed by atoms with E-state index >= 15 is 0 Å². The summed E-state index contributed by atoms with van der Waals surface area (Å²) in [6, 6.07) is 18.5. The number of thiocarbonyl (C=S) groups is 1. The van der Waals surface area contributed by atoms with E-state index in [2.05, 4.69) is 45.5 Å². The Kier molecular flexibility index (Phi) is 4.47. The van der Waals surface area contributed by atoms with Crippen LogP contribution in [0.3, 0.4) is 0 Å². The van der Waals surface area contributed by atoms with Crippen LogP contribution in [0.15, 0.2) is 54.6 Å². The Labute approximate surface area is 158 Å². The lowest BCUT2D eigenvalue weighted by Crippen LogP contribution is -2.14. The van der Waals surface area contributed by atoms with E-state index < -0.39 is 0 Å². The highest BCUT2D eigenvalue weighted by molar-refractivity contribution is 7.81. The number of anilines is 1. The van der Waals surface area contributed by atoms with Crippen molar-refractivity contribution in [2.75, 3.05) is 5.32 Å². The fraction of sp³-hybridized carbons (Fsp3) is 0.238. The molecule has 0 unspecified atom stereocenters. The normalized spacial score (nSPS) is 11.3. The van der Waals surface area contributed by atoms with Gasteiger partial charge < -0.3 is 9.88 Å². The van der Waals surface area contributed by atoms with Crippen LogP contribution in [0.25, 0.3) is 16.8 Å². The second-order valence-corrected chi connectivity index (χ2v) is 6.90. The summed E-state index contributed by atoms with van der Waals surface area (Å²) in [6.07, 6.45) is 2.28. The topological polar surface area (TPSA) is 34.3 Å². The average molecular weight is 363 g/mol. The molecule has 4 nitrogen and oxygen atoms in total. The average Bonchev–Trinajstić information content (AvgIpc) is 3.14. The number of aromatic nitrogens is 3. The fourth-order valence-electron chi connectivity index (χ4n) is 3.43. The van der Waals surface area contributed by atoms with Crippen LogP contribution in [-0.2, 0) is 6.54 Å². The minimum atomic E-state index is 0.694. The number of fused-ring (bicyclic) bond motifs is 3. The Hall–Kier alpha value is -2.66. The Morgan fingerprint density at radius 3 is 2.46 bits per heavy atom. The van der Waals surface area contributed by atoms with Gasteiger partial charge >= 0.3 is 0 Å². The minimum Gasteiger partial charge on any atom is -0.345 e. The molecular formula is C21H22N4S. The number of rotatable bonds is 5. The predicted molar refractivity (Wildman–Crippen MR) is 112 cm³/mol. The zero-order valence-electron chi connectivity index (χ0n) is 15.1. The van der Waals surface area contributed by atoms with E-state index in [0.717, 1.165) is 47.8 Å². The molecule has 4 rings (SSSR count). The van der Waals surface area contributed by atoms with Gasteiger partial charge in [-0.2, -0.15) is 0 Å². The first-order chi connectivity index (χ1) is 12.7. The van der Waals surface area contributed by atoms with Crippen molar-refractivity contribution in [1.82, 2.24) is 14.0 Å². The number of nitrogens with one attached hydrogen (secondary N) is 1. The Bertz CT molecular complexity index is 1080. The molecule has 1 N–H and O–H groups in total. The van der Waals surface area contributed by atoms with Crippen molar-refractivity contribution in [3.8, 4) is 0 Å². The van der Waals surface area contributed by atoms with Crippen LogP contribution < -0.4 is 5.32 Å². The zero-order chi connectivity index (χ0) is 18.1. The molecular weight excluding hydrogens is 340 g/mol. The van der Waals surface area contributed by atoms with Crippen LogP contribution in [0, 0.1) is 6.92 Å². The second kappa shape index (κ2) is 6.92. The van der Waals surface area contributed by atoms with Crippen molar-refractivity contribution in [2.24, 2.45) is 0 Å². The number of para-hydroxylation sites is 3. The first-order valence-corrected chi connectivity index (χ1v) is 9.44. The number of hydrogen-bond acceptors (Lipinski definition) is 2. The standard InChI is InChI=1S/C21H22N4S/c1-3-4-14-24-17-12-8-9-13-18(17)25-19(15(2)22-21(24)25)20(26)23-16-10-6-5-7-11-16/h5-13H,3-4,14H2,1-2H3,(H,23,26). The van der Waals surface area contributed by atoms with Crippen molar-refractivity contribution < 1.29 is 0 Å². The molecule has 2 heterocycles. The third kappa shape index (κ3) is 2.78. The molecule has 0 aliphatic rings. The van der Waals surface area contributed by atoms with E-state index in [0.29, 0.717) is 4.99 Å². The Balaban J connectivity index is 1.87. The van der Waals surface area contributed by atoms with Crippen LogP contribution in [0.1, 0.15) is 31.2 Å². The number of imidazole rings is 2. The minimum absolute atomic E-state index is 0.694. The summed E-state index contributed by atoms with van der Waals surface area (Å²) >= 11 is 5.75. The molecule has 0 atom stereocenters. The molecule has 0 spiro atoms. The van der Waals surface area contributed by atoms with E-state index in [9.17, 15) is 0 Å². The second-order valence-electron chi connectivity index (χ2n) is 6.50. The van der Waals surface area contributed by atoms with Crippen LogP contribution in [0.5, 0.6) is 0 Å². The molecule has 5 heteroatoms. The van der Waals surface area contributed by atoms with E-state index in [-0.39, 0.29) is 0 Å². The van der Waals surface area contributed by atoms with Crippen LogP contribution in [-0.4, -0.2) is 18.9 Å². The van der Waals surface area contributed by atoms with Crippen LogP contribution in [0.2, 0.25) is 0 Å². The summed E-state index contributed by atoms with van der Waals surface area (Å²) in [6.45, 7) is 5.20. The number of nitrogens with zero attached hydrogens (tertiary/aromatic N) is 3. The van der Waals surface area contributed by atoms with Gasteiger partial charge in [-0.25, -0.2) is 4.98 Å². The third-order valence-electron chi connectivity index (χ3n) is 4.67.